The van der Waals surface area contributed by atoms with Crippen LogP contribution in [0.2, 0.25) is 5.02 Å². The number of halogens is 1. The lowest BCUT2D eigenvalue weighted by Crippen LogP contribution is -2.06. The summed E-state index contributed by atoms with van der Waals surface area (Å²) >= 11 is 7.79. The molecule has 1 aromatic carbocycles. The fraction of sp³-hybridized carbons (Fsp3) is 0.462. The van der Waals surface area contributed by atoms with Crippen molar-refractivity contribution >= 4 is 35.0 Å². The number of esters is 1. The molecule has 0 amide bonds. The van der Waals surface area contributed by atoms with Crippen molar-refractivity contribution in [3.05, 3.63) is 28.8 Å². The summed E-state index contributed by atoms with van der Waals surface area (Å²) in [7, 11) is 1.35. The Balaban J connectivity index is 2.54. The number of carbonyl (C=O) groups is 1. The first-order chi connectivity index (χ1) is 8.69. The molecule has 100 valence electrons. The Morgan fingerprint density at radius 3 is 2.89 bits per heavy atom. The molecule has 0 aliphatic carbocycles. The van der Waals surface area contributed by atoms with E-state index in [0.717, 1.165) is 18.7 Å². The van der Waals surface area contributed by atoms with Gasteiger partial charge < -0.3 is 10.1 Å². The maximum atomic E-state index is 11.5. The van der Waals surface area contributed by atoms with Crippen molar-refractivity contribution in [2.24, 2.45) is 0 Å². The number of hydrogen-bond donors (Lipinski definition) is 1. The number of ether oxygens (including phenoxy) is 1. The van der Waals surface area contributed by atoms with Crippen LogP contribution in [-0.2, 0) is 4.74 Å². The Labute approximate surface area is 117 Å². The highest BCUT2D eigenvalue weighted by atomic mass is 35.5. The van der Waals surface area contributed by atoms with Gasteiger partial charge >= 0.3 is 5.97 Å². The molecule has 0 heterocycles. The van der Waals surface area contributed by atoms with Gasteiger partial charge in [-0.15, -0.1) is 0 Å². The smallest absolute Gasteiger partial charge is 0.339 e. The molecular formula is C13H18ClNO2S. The quantitative estimate of drug-likeness (QED) is 0.613. The number of thioether (sulfide) groups is 1. The Bertz CT molecular complexity index is 399. The molecule has 0 saturated carbocycles. The Morgan fingerprint density at radius 1 is 1.44 bits per heavy atom. The highest BCUT2D eigenvalue weighted by molar-refractivity contribution is 7.98. The fourth-order valence-corrected chi connectivity index (χ4v) is 2.19. The van der Waals surface area contributed by atoms with Crippen LogP contribution in [0.4, 0.5) is 5.69 Å². The van der Waals surface area contributed by atoms with Crippen molar-refractivity contribution in [3.8, 4) is 0 Å². The van der Waals surface area contributed by atoms with Crippen molar-refractivity contribution in [3.63, 3.8) is 0 Å². The van der Waals surface area contributed by atoms with Gasteiger partial charge in [-0.2, -0.15) is 11.8 Å². The number of nitrogens with one attached hydrogen (secondary N) is 1. The molecule has 5 heteroatoms. The number of carbonyl (C=O) groups excluding carboxylic acids is 1. The van der Waals surface area contributed by atoms with Gasteiger partial charge in [0.25, 0.3) is 0 Å². The summed E-state index contributed by atoms with van der Waals surface area (Å²) in [6.45, 7) is 0.892. The number of hydrogen-bond acceptors (Lipinski definition) is 4. The molecule has 0 aliphatic rings. The first kappa shape index (κ1) is 15.2. The third kappa shape index (κ3) is 4.78. The van der Waals surface area contributed by atoms with E-state index in [1.54, 1.807) is 12.1 Å². The summed E-state index contributed by atoms with van der Waals surface area (Å²) in [5.74, 6) is 0.765. The highest BCUT2D eigenvalue weighted by Crippen LogP contribution is 2.21. The van der Waals surface area contributed by atoms with Crippen molar-refractivity contribution in [1.82, 2.24) is 0 Å². The van der Waals surface area contributed by atoms with Crippen molar-refractivity contribution in [1.29, 1.82) is 0 Å². The van der Waals surface area contributed by atoms with Crippen LogP contribution in [0.5, 0.6) is 0 Å². The molecule has 1 rings (SSSR count). The zero-order valence-corrected chi connectivity index (χ0v) is 12.2. The van der Waals surface area contributed by atoms with Gasteiger partial charge in [0.2, 0.25) is 0 Å². The van der Waals surface area contributed by atoms with Gasteiger partial charge in [-0.1, -0.05) is 11.6 Å². The monoisotopic (exact) mass is 287 g/mol. The zero-order chi connectivity index (χ0) is 13.4. The molecule has 0 saturated heterocycles. The molecule has 18 heavy (non-hydrogen) atoms. The molecule has 0 bridgehead atoms. The van der Waals surface area contributed by atoms with Crippen molar-refractivity contribution in [2.75, 3.05) is 31.0 Å². The van der Waals surface area contributed by atoms with Gasteiger partial charge in [-0.3, -0.25) is 0 Å². The molecule has 0 aliphatic heterocycles. The minimum absolute atomic E-state index is 0.397. The number of unbranched alkanes of at least 4 members (excludes halogenated alkanes) is 1. The second kappa shape index (κ2) is 8.27. The molecule has 0 unspecified atom stereocenters. The summed E-state index contributed by atoms with van der Waals surface area (Å²) in [5.41, 5.74) is 1.29. The second-order valence-corrected chi connectivity index (χ2v) is 5.21. The average molecular weight is 288 g/mol. The van der Waals surface area contributed by atoms with Gasteiger partial charge in [0.1, 0.15) is 0 Å². The highest BCUT2D eigenvalue weighted by Gasteiger charge is 2.10. The number of anilines is 1. The lowest BCUT2D eigenvalue weighted by molar-refractivity contribution is 0.0601. The number of rotatable bonds is 7. The minimum Gasteiger partial charge on any atom is -0.465 e. The standard InChI is InChI=1S/C13H18ClNO2S/c1-17-13(16)11-9-10(5-6-12(11)14)15-7-3-4-8-18-2/h5-6,9,15H,3-4,7-8H2,1-2H3. The fourth-order valence-electron chi connectivity index (χ4n) is 1.51. The molecule has 0 spiro atoms. The van der Waals surface area contributed by atoms with E-state index < -0.39 is 5.97 Å². The van der Waals surface area contributed by atoms with Crippen LogP contribution < -0.4 is 5.32 Å². The number of benzene rings is 1. The van der Waals surface area contributed by atoms with E-state index >= 15 is 0 Å². The van der Waals surface area contributed by atoms with Crippen LogP contribution in [0, 0.1) is 0 Å². The molecule has 0 fully saturated rings. The van der Waals surface area contributed by atoms with E-state index in [0.29, 0.717) is 10.6 Å². The normalized spacial score (nSPS) is 10.2. The molecular weight excluding hydrogens is 270 g/mol. The van der Waals surface area contributed by atoms with Crippen LogP contribution in [0.15, 0.2) is 18.2 Å². The molecule has 0 radical (unpaired) electrons. The van der Waals surface area contributed by atoms with Crippen LogP contribution in [0.25, 0.3) is 0 Å². The summed E-state index contributed by atoms with van der Waals surface area (Å²) in [4.78, 5) is 11.5. The van der Waals surface area contributed by atoms with E-state index in [2.05, 4.69) is 16.3 Å². The SMILES string of the molecule is COC(=O)c1cc(NCCCCSC)ccc1Cl. The first-order valence-electron chi connectivity index (χ1n) is 5.79. The largest absolute Gasteiger partial charge is 0.465 e. The maximum Gasteiger partial charge on any atom is 0.339 e. The molecule has 0 aromatic heterocycles. The molecule has 3 nitrogen and oxygen atoms in total. The second-order valence-electron chi connectivity index (χ2n) is 3.81. The maximum absolute atomic E-state index is 11.5. The Hall–Kier alpha value is -0.870. The first-order valence-corrected chi connectivity index (χ1v) is 7.57. The Kier molecular flexibility index (Phi) is 6.98. The van der Waals surface area contributed by atoms with Crippen molar-refractivity contribution in [2.45, 2.75) is 12.8 Å². The van der Waals surface area contributed by atoms with E-state index in [4.69, 9.17) is 11.6 Å². The van der Waals surface area contributed by atoms with E-state index in [9.17, 15) is 4.79 Å². The lowest BCUT2D eigenvalue weighted by Gasteiger charge is -2.08. The minimum atomic E-state index is -0.411. The van der Waals surface area contributed by atoms with Crippen molar-refractivity contribution < 1.29 is 9.53 Å². The predicted molar refractivity (Wildman–Crippen MR) is 78.9 cm³/mol. The summed E-state index contributed by atoms with van der Waals surface area (Å²) in [6, 6.07) is 5.30. The predicted octanol–water partition coefficient (Wildman–Crippen LogP) is 3.68. The van der Waals surface area contributed by atoms with E-state index in [-0.39, 0.29) is 0 Å². The molecule has 1 N–H and O–H groups in total. The summed E-state index contributed by atoms with van der Waals surface area (Å²) in [5, 5.41) is 3.69. The number of methoxy groups -OCH3 is 1. The van der Waals surface area contributed by atoms with Crippen LogP contribution in [-0.4, -0.2) is 31.6 Å². The Morgan fingerprint density at radius 2 is 2.22 bits per heavy atom. The van der Waals surface area contributed by atoms with E-state index in [1.807, 2.05) is 17.8 Å². The third-order valence-corrected chi connectivity index (χ3v) is 3.50. The average Bonchev–Trinajstić information content (AvgIpc) is 2.39. The van der Waals surface area contributed by atoms with Crippen LogP contribution >= 0.6 is 23.4 Å². The van der Waals surface area contributed by atoms with Crippen LogP contribution in [0.1, 0.15) is 23.2 Å². The zero-order valence-electron chi connectivity index (χ0n) is 10.7. The summed E-state index contributed by atoms with van der Waals surface area (Å²) in [6.07, 6.45) is 4.40. The van der Waals surface area contributed by atoms with E-state index in [1.165, 1.54) is 19.3 Å². The molecule has 1 aromatic rings. The van der Waals surface area contributed by atoms with Gasteiger partial charge in [0.15, 0.2) is 0 Å². The topological polar surface area (TPSA) is 38.3 Å². The summed E-state index contributed by atoms with van der Waals surface area (Å²) < 4.78 is 4.68. The van der Waals surface area contributed by atoms with Gasteiger partial charge in [-0.05, 0) is 43.0 Å². The van der Waals surface area contributed by atoms with Crippen LogP contribution in [0.3, 0.4) is 0 Å². The van der Waals surface area contributed by atoms with Gasteiger partial charge in [0.05, 0.1) is 17.7 Å². The van der Waals surface area contributed by atoms with Gasteiger partial charge in [-0.25, -0.2) is 4.79 Å². The molecule has 0 atom stereocenters. The van der Waals surface area contributed by atoms with Gasteiger partial charge in [0, 0.05) is 12.2 Å². The lowest BCUT2D eigenvalue weighted by atomic mass is 10.2. The third-order valence-electron chi connectivity index (χ3n) is 2.48.